The van der Waals surface area contributed by atoms with Gasteiger partial charge in [0.2, 0.25) is 5.91 Å². The van der Waals surface area contributed by atoms with Gasteiger partial charge < -0.3 is 34.4 Å². The van der Waals surface area contributed by atoms with Crippen LogP contribution in [0.2, 0.25) is 10.0 Å². The minimum absolute atomic E-state index is 0.0209. The van der Waals surface area contributed by atoms with Crippen molar-refractivity contribution in [2.45, 2.75) is 122 Å². The fraction of sp³-hybridized carbons (Fsp3) is 0.585. The van der Waals surface area contributed by atoms with Crippen molar-refractivity contribution in [2.24, 2.45) is 0 Å². The van der Waals surface area contributed by atoms with Crippen LogP contribution in [0.3, 0.4) is 0 Å². The first-order valence-corrected chi connectivity index (χ1v) is 20.6. The first-order valence-electron chi connectivity index (χ1n) is 19.8. The van der Waals surface area contributed by atoms with Crippen LogP contribution in [0, 0.1) is 0 Å². The molecule has 4 rings (SSSR count). The van der Waals surface area contributed by atoms with E-state index in [9.17, 15) is 59.1 Å². The zero-order valence-electron chi connectivity index (χ0n) is 35.5. The number of nitrogens with one attached hydrogen (secondary N) is 1. The number of anilines is 1. The summed E-state index contributed by atoms with van der Waals surface area (Å²) in [5.74, 6) is -4.96. The molecule has 0 aromatic heterocycles. The molecule has 2 aliphatic heterocycles. The maximum Gasteiger partial charge on any atom is 0.417 e. The summed E-state index contributed by atoms with van der Waals surface area (Å²) >= 11 is 12.0. The summed E-state index contributed by atoms with van der Waals surface area (Å²) in [4.78, 5) is 70.5. The predicted octanol–water partition coefficient (Wildman–Crippen LogP) is 8.54. The monoisotopic (exact) mass is 945 g/mol. The molecule has 1 N–H and O–H groups in total. The number of halogens is 10. The van der Waals surface area contributed by atoms with Gasteiger partial charge in [-0.25, -0.2) is 4.79 Å². The molecular formula is C41H49Cl2F8N5O7. The molecular weight excluding hydrogens is 897 g/mol. The first kappa shape index (κ1) is 51.0. The standard InChI is InChI=1S/C41H49Cl2F8N5O7/c1-22(2)56(35(59)26-18-30-31(19-27(26)41(49,50)51)62-39(6,7)36(60)54(30)15-13-52-34(58)33(44)45)25-10-9-24(55(20-25)37(61)63-38(3,4)5)12-14-53(21-40(46,47)48)32(57)17-23-8-11-28(42)29(43)16-23/h8,11,16,18-19,22,24-25,33H,9-10,12-15,17,20-21H2,1-7H3,(H,52,58)/t24-,25-/m1/s1. The molecule has 0 unspecified atom stereocenters. The van der Waals surface area contributed by atoms with E-state index in [1.54, 1.807) is 20.8 Å². The lowest BCUT2D eigenvalue weighted by molar-refractivity contribution is -0.161. The summed E-state index contributed by atoms with van der Waals surface area (Å²) in [5.41, 5.74) is -5.17. The predicted molar refractivity (Wildman–Crippen MR) is 216 cm³/mol. The number of alkyl halides is 8. The van der Waals surface area contributed by atoms with Crippen molar-refractivity contribution in [1.29, 1.82) is 0 Å². The Bertz CT molecular complexity index is 2040. The number of rotatable bonds is 13. The largest absolute Gasteiger partial charge is 0.476 e. The molecule has 1 saturated heterocycles. The zero-order valence-corrected chi connectivity index (χ0v) is 37.0. The SMILES string of the molecule is CC(C)N(C(=O)c1cc2c(cc1C(F)(F)F)OC(C)(C)C(=O)N2CCNC(=O)C(F)F)[C@@H]1CC[C@H](CCN(CC(F)(F)F)C(=O)Cc2ccc(Cl)c(Cl)c2)N(C(=O)OC(C)(C)C)C1. The number of hydrogen-bond donors (Lipinski definition) is 1. The van der Waals surface area contributed by atoms with E-state index < -0.39 is 127 Å². The van der Waals surface area contributed by atoms with Crippen LogP contribution >= 0.6 is 23.2 Å². The van der Waals surface area contributed by atoms with Crippen molar-refractivity contribution < 1.29 is 68.6 Å². The highest BCUT2D eigenvalue weighted by molar-refractivity contribution is 6.42. The van der Waals surface area contributed by atoms with E-state index in [-0.39, 0.29) is 41.5 Å². The average Bonchev–Trinajstić information content (AvgIpc) is 3.14. The molecule has 0 saturated carbocycles. The van der Waals surface area contributed by atoms with Gasteiger partial charge in [-0.3, -0.25) is 19.2 Å². The van der Waals surface area contributed by atoms with Gasteiger partial charge in [0.1, 0.15) is 17.9 Å². The minimum Gasteiger partial charge on any atom is -0.476 e. The average molecular weight is 947 g/mol. The Morgan fingerprint density at radius 3 is 2.19 bits per heavy atom. The van der Waals surface area contributed by atoms with Gasteiger partial charge in [0.25, 0.3) is 17.7 Å². The Balaban J connectivity index is 1.69. The molecule has 2 aromatic carbocycles. The molecule has 2 aromatic rings. The summed E-state index contributed by atoms with van der Waals surface area (Å²) in [6.45, 7) is 6.86. The Labute approximate surface area is 369 Å². The van der Waals surface area contributed by atoms with Crippen LogP contribution < -0.4 is 15.0 Å². The molecule has 12 nitrogen and oxygen atoms in total. The summed E-state index contributed by atoms with van der Waals surface area (Å²) in [5, 5.41) is 2.20. The minimum atomic E-state index is -5.16. The molecule has 350 valence electrons. The number of carbonyl (C=O) groups excluding carboxylic acids is 5. The van der Waals surface area contributed by atoms with E-state index in [1.807, 2.05) is 5.32 Å². The first-order chi connectivity index (χ1) is 28.9. The molecule has 0 aliphatic carbocycles. The van der Waals surface area contributed by atoms with E-state index >= 15 is 0 Å². The van der Waals surface area contributed by atoms with Gasteiger partial charge in [-0.1, -0.05) is 29.3 Å². The van der Waals surface area contributed by atoms with Crippen LogP contribution in [-0.2, 0) is 31.7 Å². The molecule has 2 heterocycles. The summed E-state index contributed by atoms with van der Waals surface area (Å²) in [6.07, 6.45) is -14.8. The van der Waals surface area contributed by atoms with E-state index in [2.05, 4.69) is 0 Å². The van der Waals surface area contributed by atoms with Crippen molar-refractivity contribution in [3.63, 3.8) is 0 Å². The van der Waals surface area contributed by atoms with Crippen LogP contribution in [0.25, 0.3) is 0 Å². The molecule has 0 bridgehead atoms. The molecule has 2 atom stereocenters. The number of benzene rings is 2. The van der Waals surface area contributed by atoms with Crippen molar-refractivity contribution in [1.82, 2.24) is 20.0 Å². The van der Waals surface area contributed by atoms with Crippen molar-refractivity contribution in [3.8, 4) is 5.75 Å². The van der Waals surface area contributed by atoms with Gasteiger partial charge in [-0.05, 0) is 97.6 Å². The highest BCUT2D eigenvalue weighted by atomic mass is 35.5. The zero-order chi connectivity index (χ0) is 47.6. The highest BCUT2D eigenvalue weighted by Crippen LogP contribution is 2.45. The van der Waals surface area contributed by atoms with Crippen molar-refractivity contribution in [3.05, 3.63) is 57.1 Å². The Kier molecular flexibility index (Phi) is 15.9. The highest BCUT2D eigenvalue weighted by Gasteiger charge is 2.46. The fourth-order valence-electron chi connectivity index (χ4n) is 7.41. The van der Waals surface area contributed by atoms with E-state index in [0.717, 1.165) is 15.9 Å². The number of likely N-dealkylation sites (tertiary alicyclic amines) is 1. The van der Waals surface area contributed by atoms with Crippen LogP contribution in [0.15, 0.2) is 30.3 Å². The Morgan fingerprint density at radius 1 is 0.984 bits per heavy atom. The van der Waals surface area contributed by atoms with Gasteiger partial charge >= 0.3 is 24.9 Å². The second kappa shape index (κ2) is 19.7. The molecule has 0 radical (unpaired) electrons. The molecule has 1 fully saturated rings. The van der Waals surface area contributed by atoms with Gasteiger partial charge in [0.05, 0.1) is 39.3 Å². The smallest absolute Gasteiger partial charge is 0.417 e. The number of carbonyl (C=O) groups is 5. The third-order valence-corrected chi connectivity index (χ3v) is 10.9. The fourth-order valence-corrected chi connectivity index (χ4v) is 7.73. The van der Waals surface area contributed by atoms with Crippen LogP contribution in [0.1, 0.15) is 89.2 Å². The summed E-state index contributed by atoms with van der Waals surface area (Å²) in [6, 6.07) is 2.89. The summed E-state index contributed by atoms with van der Waals surface area (Å²) in [7, 11) is 0. The quantitative estimate of drug-likeness (QED) is 0.200. The number of ether oxygens (including phenoxy) is 2. The van der Waals surface area contributed by atoms with Gasteiger partial charge in [-0.2, -0.15) is 35.1 Å². The van der Waals surface area contributed by atoms with Crippen LogP contribution in [-0.4, -0.2) is 119 Å². The van der Waals surface area contributed by atoms with Gasteiger partial charge in [0.15, 0.2) is 5.60 Å². The molecule has 5 amide bonds. The number of amides is 5. The lowest BCUT2D eigenvalue weighted by atomic mass is 9.92. The molecule has 22 heteroatoms. The third kappa shape index (κ3) is 13.2. The Hall–Kier alpha value is -4.59. The molecule has 2 aliphatic rings. The van der Waals surface area contributed by atoms with Gasteiger partial charge in [-0.15, -0.1) is 0 Å². The van der Waals surface area contributed by atoms with Crippen LogP contribution in [0.4, 0.5) is 45.6 Å². The lowest BCUT2D eigenvalue weighted by Crippen LogP contribution is -2.58. The van der Waals surface area contributed by atoms with E-state index in [1.165, 1.54) is 50.8 Å². The number of nitrogens with zero attached hydrogens (tertiary/aromatic N) is 4. The van der Waals surface area contributed by atoms with E-state index in [0.29, 0.717) is 16.5 Å². The third-order valence-electron chi connectivity index (χ3n) is 10.2. The number of hydrogen-bond acceptors (Lipinski definition) is 7. The maximum absolute atomic E-state index is 14.9. The maximum atomic E-state index is 14.9. The second-order valence-electron chi connectivity index (χ2n) is 17.0. The van der Waals surface area contributed by atoms with Gasteiger partial charge in [0, 0.05) is 38.3 Å². The second-order valence-corrected chi connectivity index (χ2v) is 17.8. The van der Waals surface area contributed by atoms with Crippen LogP contribution in [0.5, 0.6) is 5.75 Å². The van der Waals surface area contributed by atoms with Crippen molar-refractivity contribution in [2.75, 3.05) is 37.6 Å². The van der Waals surface area contributed by atoms with E-state index in [4.69, 9.17) is 32.7 Å². The lowest BCUT2D eigenvalue weighted by Gasteiger charge is -2.46. The normalized spacial score (nSPS) is 17.9. The van der Waals surface area contributed by atoms with Crippen molar-refractivity contribution >= 4 is 58.6 Å². The number of piperidine rings is 1. The Morgan fingerprint density at radius 2 is 1.63 bits per heavy atom. The molecule has 0 spiro atoms. The summed E-state index contributed by atoms with van der Waals surface area (Å²) < 4.78 is 123. The number of fused-ring (bicyclic) bond motifs is 1. The molecule has 63 heavy (non-hydrogen) atoms. The topological polar surface area (TPSA) is 129 Å².